The minimum Gasteiger partial charge on any atom is -0.493 e. The van der Waals surface area contributed by atoms with Crippen molar-refractivity contribution in [3.63, 3.8) is 0 Å². The molecule has 10 heteroatoms. The molecule has 0 saturated heterocycles. The van der Waals surface area contributed by atoms with Crippen LogP contribution in [-0.4, -0.2) is 48.9 Å². The molecule has 30 heavy (non-hydrogen) atoms. The molecule has 0 aliphatic carbocycles. The fourth-order valence-corrected chi connectivity index (χ4v) is 3.38. The molecule has 1 heterocycles. The van der Waals surface area contributed by atoms with Crippen LogP contribution in [0.3, 0.4) is 0 Å². The van der Waals surface area contributed by atoms with E-state index in [4.69, 9.17) is 14.2 Å². The maximum atomic E-state index is 12.5. The Morgan fingerprint density at radius 2 is 1.80 bits per heavy atom. The van der Waals surface area contributed by atoms with Crippen LogP contribution in [0.5, 0.6) is 11.5 Å². The van der Waals surface area contributed by atoms with Crippen LogP contribution in [0.4, 0.5) is 5.69 Å². The van der Waals surface area contributed by atoms with Crippen LogP contribution < -0.4 is 20.3 Å². The molecule has 1 amide bonds. The van der Waals surface area contributed by atoms with Crippen LogP contribution in [-0.2, 0) is 9.53 Å². The average molecular weight is 429 g/mol. The van der Waals surface area contributed by atoms with Gasteiger partial charge in [0, 0.05) is 12.1 Å². The van der Waals surface area contributed by atoms with E-state index >= 15 is 0 Å². The van der Waals surface area contributed by atoms with Gasteiger partial charge in [-0.15, -0.1) is 0 Å². The first-order valence-corrected chi connectivity index (χ1v) is 9.71. The van der Waals surface area contributed by atoms with Crippen molar-refractivity contribution in [1.29, 1.82) is 0 Å². The maximum Gasteiger partial charge on any atom is 0.340 e. The van der Waals surface area contributed by atoms with Crippen molar-refractivity contribution >= 4 is 40.2 Å². The lowest BCUT2D eigenvalue weighted by Gasteiger charge is -2.14. The zero-order valence-corrected chi connectivity index (χ0v) is 17.3. The lowest BCUT2D eigenvalue weighted by Crippen LogP contribution is -2.18. The van der Waals surface area contributed by atoms with Crippen molar-refractivity contribution in [2.24, 2.45) is 0 Å². The first-order chi connectivity index (χ1) is 14.5. The standard InChI is InChI=1S/C20H19N3O6S/c1-27-15-8-12(19(26)29-3)14(9-16(15)28-2)21-17(24)10-30-20-22-13-7-5-4-6-11(13)18(25)23-20/h4-9H,10H2,1-3H3,(H,21,24)(H,22,23,25). The van der Waals surface area contributed by atoms with Crippen LogP contribution in [0, 0.1) is 0 Å². The average Bonchev–Trinajstić information content (AvgIpc) is 2.76. The zero-order valence-electron chi connectivity index (χ0n) is 16.5. The fraction of sp³-hybridized carbons (Fsp3) is 0.200. The molecule has 0 aliphatic rings. The van der Waals surface area contributed by atoms with Gasteiger partial charge in [-0.25, -0.2) is 9.78 Å². The number of carbonyl (C=O) groups is 2. The molecular weight excluding hydrogens is 410 g/mol. The Morgan fingerprint density at radius 1 is 1.10 bits per heavy atom. The van der Waals surface area contributed by atoms with Crippen molar-refractivity contribution in [2.75, 3.05) is 32.4 Å². The van der Waals surface area contributed by atoms with E-state index in [0.717, 1.165) is 11.8 Å². The number of anilines is 1. The molecule has 0 atom stereocenters. The number of esters is 1. The first-order valence-electron chi connectivity index (χ1n) is 8.73. The van der Waals surface area contributed by atoms with E-state index in [0.29, 0.717) is 27.6 Å². The Balaban J connectivity index is 1.79. The number of hydrogen-bond acceptors (Lipinski definition) is 8. The summed E-state index contributed by atoms with van der Waals surface area (Å²) in [5.41, 5.74) is 0.587. The van der Waals surface area contributed by atoms with Gasteiger partial charge in [-0.2, -0.15) is 0 Å². The number of H-pyrrole nitrogens is 1. The highest BCUT2D eigenvalue weighted by Crippen LogP contribution is 2.34. The minimum atomic E-state index is -0.639. The van der Waals surface area contributed by atoms with E-state index in [2.05, 4.69) is 15.3 Å². The third kappa shape index (κ3) is 4.54. The number of aromatic amines is 1. The highest BCUT2D eigenvalue weighted by Gasteiger charge is 2.19. The number of carbonyl (C=O) groups excluding carboxylic acids is 2. The van der Waals surface area contributed by atoms with Crippen LogP contribution in [0.25, 0.3) is 10.9 Å². The number of fused-ring (bicyclic) bond motifs is 1. The Bertz CT molecular complexity index is 1160. The number of benzene rings is 2. The molecule has 9 nitrogen and oxygen atoms in total. The summed E-state index contributed by atoms with van der Waals surface area (Å²) in [4.78, 5) is 43.7. The topological polar surface area (TPSA) is 120 Å². The third-order valence-corrected chi connectivity index (χ3v) is 5.01. The van der Waals surface area contributed by atoms with Gasteiger partial charge in [-0.05, 0) is 12.1 Å². The Hall–Kier alpha value is -3.53. The summed E-state index contributed by atoms with van der Waals surface area (Å²) in [6.45, 7) is 0. The first kappa shape index (κ1) is 21.2. The van der Waals surface area contributed by atoms with Crippen molar-refractivity contribution in [2.45, 2.75) is 5.16 Å². The van der Waals surface area contributed by atoms with Crippen molar-refractivity contribution < 1.29 is 23.8 Å². The van der Waals surface area contributed by atoms with Gasteiger partial charge in [0.15, 0.2) is 16.7 Å². The van der Waals surface area contributed by atoms with Gasteiger partial charge < -0.3 is 24.5 Å². The molecular formula is C20H19N3O6S. The molecule has 0 fully saturated rings. The van der Waals surface area contributed by atoms with E-state index in [9.17, 15) is 14.4 Å². The molecule has 3 rings (SSSR count). The van der Waals surface area contributed by atoms with E-state index < -0.39 is 11.9 Å². The Labute approximate surface area is 175 Å². The van der Waals surface area contributed by atoms with Crippen LogP contribution >= 0.6 is 11.8 Å². The summed E-state index contributed by atoms with van der Waals surface area (Å²) < 4.78 is 15.2. The Morgan fingerprint density at radius 3 is 2.50 bits per heavy atom. The smallest absolute Gasteiger partial charge is 0.340 e. The van der Waals surface area contributed by atoms with Crippen LogP contribution in [0.15, 0.2) is 46.3 Å². The number of methoxy groups -OCH3 is 3. The van der Waals surface area contributed by atoms with Crippen molar-refractivity contribution in [3.8, 4) is 11.5 Å². The highest BCUT2D eigenvalue weighted by molar-refractivity contribution is 7.99. The molecule has 2 N–H and O–H groups in total. The highest BCUT2D eigenvalue weighted by atomic mass is 32.2. The predicted octanol–water partition coefficient (Wildman–Crippen LogP) is 2.46. The number of nitrogens with one attached hydrogen (secondary N) is 2. The largest absolute Gasteiger partial charge is 0.493 e. The summed E-state index contributed by atoms with van der Waals surface area (Å²) in [7, 11) is 4.12. The number of nitrogens with zero attached hydrogens (tertiary/aromatic N) is 1. The number of aromatic nitrogens is 2. The van der Waals surface area contributed by atoms with E-state index in [1.807, 2.05) is 0 Å². The van der Waals surface area contributed by atoms with Gasteiger partial charge in [0.1, 0.15) is 0 Å². The zero-order chi connectivity index (χ0) is 21.7. The Kier molecular flexibility index (Phi) is 6.58. The number of thioether (sulfide) groups is 1. The normalized spacial score (nSPS) is 10.5. The number of ether oxygens (including phenoxy) is 3. The molecule has 0 bridgehead atoms. The van der Waals surface area contributed by atoms with Gasteiger partial charge in [0.25, 0.3) is 5.56 Å². The van der Waals surface area contributed by atoms with Gasteiger partial charge >= 0.3 is 5.97 Å². The van der Waals surface area contributed by atoms with E-state index in [1.54, 1.807) is 24.3 Å². The lowest BCUT2D eigenvalue weighted by molar-refractivity contribution is -0.113. The number of rotatable bonds is 7. The summed E-state index contributed by atoms with van der Waals surface area (Å²) in [6.07, 6.45) is 0. The van der Waals surface area contributed by atoms with Crippen molar-refractivity contribution in [3.05, 3.63) is 52.3 Å². The van der Waals surface area contributed by atoms with Crippen molar-refractivity contribution in [1.82, 2.24) is 9.97 Å². The number of para-hydroxylation sites is 1. The summed E-state index contributed by atoms with van der Waals surface area (Å²) in [6, 6.07) is 9.83. The molecule has 0 spiro atoms. The van der Waals surface area contributed by atoms with Crippen LogP contribution in [0.1, 0.15) is 10.4 Å². The van der Waals surface area contributed by atoms with Gasteiger partial charge in [-0.1, -0.05) is 23.9 Å². The predicted molar refractivity (Wildman–Crippen MR) is 113 cm³/mol. The second kappa shape index (κ2) is 9.31. The molecule has 0 aliphatic heterocycles. The van der Waals surface area contributed by atoms with E-state index in [1.165, 1.54) is 33.5 Å². The second-order valence-electron chi connectivity index (χ2n) is 5.97. The molecule has 156 valence electrons. The molecule has 0 saturated carbocycles. The van der Waals surface area contributed by atoms with Crippen LogP contribution in [0.2, 0.25) is 0 Å². The molecule has 3 aromatic rings. The molecule has 0 unspecified atom stereocenters. The SMILES string of the molecule is COC(=O)c1cc(OC)c(OC)cc1NC(=O)CSc1nc2ccccc2c(=O)[nH]1. The van der Waals surface area contributed by atoms with E-state index in [-0.39, 0.29) is 22.6 Å². The summed E-state index contributed by atoms with van der Waals surface area (Å²) in [5.74, 6) is -0.430. The molecule has 0 radical (unpaired) electrons. The number of hydrogen-bond donors (Lipinski definition) is 2. The van der Waals surface area contributed by atoms with Gasteiger partial charge in [0.2, 0.25) is 5.91 Å². The van der Waals surface area contributed by atoms with Gasteiger partial charge in [0.05, 0.1) is 49.2 Å². The molecule has 2 aromatic carbocycles. The number of amides is 1. The lowest BCUT2D eigenvalue weighted by atomic mass is 10.1. The monoisotopic (exact) mass is 429 g/mol. The fourth-order valence-electron chi connectivity index (χ4n) is 2.71. The summed E-state index contributed by atoms with van der Waals surface area (Å²) in [5, 5.41) is 3.44. The minimum absolute atomic E-state index is 0.0454. The summed E-state index contributed by atoms with van der Waals surface area (Å²) >= 11 is 1.06. The third-order valence-electron chi connectivity index (χ3n) is 4.13. The van der Waals surface area contributed by atoms with Gasteiger partial charge in [-0.3, -0.25) is 9.59 Å². The quantitative estimate of drug-likeness (QED) is 0.334. The maximum absolute atomic E-state index is 12.5. The molecule has 1 aromatic heterocycles. The second-order valence-corrected chi connectivity index (χ2v) is 6.93.